The van der Waals surface area contributed by atoms with Crippen LogP contribution in [-0.4, -0.2) is 384 Å². The number of aromatic nitrogens is 6. The van der Waals surface area contributed by atoms with Gasteiger partial charge in [-0.25, -0.2) is 34.1 Å². The number of nitrogen functional groups attached to an aromatic ring is 1. The van der Waals surface area contributed by atoms with Gasteiger partial charge in [-0.3, -0.25) is 72.1 Å². The third kappa shape index (κ3) is 30.2. The molecule has 0 bridgehead atoms. The summed E-state index contributed by atoms with van der Waals surface area (Å²) in [5.74, 6) is -37.4. The van der Waals surface area contributed by atoms with Gasteiger partial charge >= 0.3 is 42.0 Å². The number of hydrogen-bond acceptors (Lipinski definition) is 46. The van der Waals surface area contributed by atoms with E-state index in [2.05, 4.69) is 30.6 Å². The number of ketones is 4. The lowest BCUT2D eigenvalue weighted by Gasteiger charge is -2.32. The number of cyclic esters (lactones) is 1. The number of carbonyl (C=O) groups is 16. The number of aliphatic hydroxyl groups excluding tert-OH is 16. The van der Waals surface area contributed by atoms with Gasteiger partial charge in [0.05, 0.1) is 159 Å². The molecule has 0 radical (unpaired) electrons. The number of pyridine rings is 2. The predicted molar refractivity (Wildman–Crippen MR) is 490 cm³/mol. The number of Topliss-reactive ketones (excluding diaryl/α,β-unsaturated/α-hetero) is 4. The van der Waals surface area contributed by atoms with Crippen molar-refractivity contribution in [1.29, 1.82) is 0 Å². The topological polar surface area (TPSA) is 950 Å². The maximum absolute atomic E-state index is 14.6. The van der Waals surface area contributed by atoms with E-state index in [9.17, 15) is 199 Å². The van der Waals surface area contributed by atoms with Crippen LogP contribution in [0.4, 0.5) is 16.4 Å². The van der Waals surface area contributed by atoms with Gasteiger partial charge in [0, 0.05) is 71.4 Å². The Morgan fingerprint density at radius 2 is 1.02 bits per heavy atom. The molecule has 22 atom stereocenters. The molecule has 0 fully saturated rings. The van der Waals surface area contributed by atoms with Crippen molar-refractivity contribution in [1.82, 2.24) is 56.1 Å². The van der Waals surface area contributed by atoms with Gasteiger partial charge in [0.1, 0.15) is 85.7 Å². The number of anilines is 2. The third-order valence-electron chi connectivity index (χ3n) is 23.8. The van der Waals surface area contributed by atoms with Gasteiger partial charge in [-0.2, -0.15) is 4.98 Å². The highest BCUT2D eigenvalue weighted by Gasteiger charge is 2.49. The minimum atomic E-state index is -2.97. The number of nitrogens with one attached hydrogen (secondary N) is 7. The molecule has 6 heterocycles. The van der Waals surface area contributed by atoms with E-state index < -0.39 is 335 Å². The fraction of sp³-hybridized carbons (Fsp3) is 0.517. The quantitative estimate of drug-likeness (QED) is 0.00728. The zero-order chi connectivity index (χ0) is 108. The molecule has 5 amide bonds. The molecule has 2 aliphatic heterocycles. The number of carboxylic acids is 5. The van der Waals surface area contributed by atoms with Gasteiger partial charge < -0.3 is 169 Å². The number of rotatable bonds is 60. The van der Waals surface area contributed by atoms with Crippen molar-refractivity contribution in [2.75, 3.05) is 55.6 Å². The average molecular weight is 2090 g/mol. The molecule has 58 heteroatoms. The van der Waals surface area contributed by atoms with Gasteiger partial charge in [0.2, 0.25) is 29.6 Å². The number of aryl methyl sites for hydroxylation is 1. The van der Waals surface area contributed by atoms with Crippen molar-refractivity contribution >= 4 is 150 Å². The normalized spacial score (nSPS) is 17.6. The summed E-state index contributed by atoms with van der Waals surface area (Å²) in [6, 6.07) is -0.720. The lowest BCUT2D eigenvalue weighted by Crippen LogP contribution is -2.56. The number of aromatic amines is 1. The number of H-pyrrole nitrogens is 1. The molecule has 4 aromatic heterocycles. The number of carboxylic acid groups (broad SMARTS) is 5. The summed E-state index contributed by atoms with van der Waals surface area (Å²) in [6.07, 6.45) is -44.9. The number of aliphatic hydroxyl groups is 17. The summed E-state index contributed by atoms with van der Waals surface area (Å²) in [7, 11) is 1.55. The first-order valence-corrected chi connectivity index (χ1v) is 46.8. The van der Waals surface area contributed by atoms with Crippen LogP contribution in [0, 0.1) is 23.7 Å². The summed E-state index contributed by atoms with van der Waals surface area (Å²) >= 11 is 0. The number of aliphatic carboxylic acids is 5. The van der Waals surface area contributed by atoms with E-state index in [0.717, 1.165) is 10.8 Å². The number of benzene rings is 2. The lowest BCUT2D eigenvalue weighted by atomic mass is 9.85. The van der Waals surface area contributed by atoms with Crippen molar-refractivity contribution < 1.29 is 203 Å². The Morgan fingerprint density at radius 3 is 1.47 bits per heavy atom. The van der Waals surface area contributed by atoms with Crippen LogP contribution in [0.15, 0.2) is 64.3 Å². The fourth-order valence-corrected chi connectivity index (χ4v) is 17.6. The van der Waals surface area contributed by atoms with Crippen LogP contribution in [0.25, 0.3) is 33.5 Å². The highest BCUT2D eigenvalue weighted by molar-refractivity contribution is 8.76. The van der Waals surface area contributed by atoms with Gasteiger partial charge in [0.15, 0.2) is 34.1 Å². The Labute approximate surface area is 824 Å². The molecule has 0 saturated carbocycles. The number of amides is 5. The van der Waals surface area contributed by atoms with Gasteiger partial charge in [-0.05, 0) is 73.4 Å². The highest BCUT2D eigenvalue weighted by atomic mass is 33.1. The van der Waals surface area contributed by atoms with Crippen LogP contribution >= 0.6 is 21.6 Å². The monoisotopic (exact) mass is 2090 g/mol. The molecule has 31 N–H and O–H groups in total. The number of nitrogens with two attached hydrogens (primary N) is 1. The van der Waals surface area contributed by atoms with Crippen LogP contribution in [0.3, 0.4) is 0 Å². The maximum Gasteiger partial charge on any atom is 0.513 e. The first-order chi connectivity index (χ1) is 68.4. The first-order valence-electron chi connectivity index (χ1n) is 44.3. The van der Waals surface area contributed by atoms with Crippen LogP contribution in [0.2, 0.25) is 0 Å². The lowest BCUT2D eigenvalue weighted by molar-refractivity contribution is -0.172. The zero-order valence-corrected chi connectivity index (χ0v) is 78.3. The number of carbonyl (C=O) groups excluding carboxylic acids is 11. The van der Waals surface area contributed by atoms with Gasteiger partial charge in [-0.15, -0.1) is 0 Å². The van der Waals surface area contributed by atoms with E-state index >= 15 is 0 Å². The van der Waals surface area contributed by atoms with Crippen LogP contribution in [0.1, 0.15) is 116 Å². The Hall–Kier alpha value is -13.2. The molecule has 145 heavy (non-hydrogen) atoms. The molecule has 6 aromatic rings. The van der Waals surface area contributed by atoms with E-state index in [1.54, 1.807) is 23.6 Å². The second-order valence-electron chi connectivity index (χ2n) is 33.7. The highest BCUT2D eigenvalue weighted by Crippen LogP contribution is 2.42. The minimum Gasteiger partial charge on any atom is -0.481 e. The van der Waals surface area contributed by atoms with Gasteiger partial charge in [0.25, 0.3) is 17.0 Å². The molecule has 8 rings (SSSR count). The largest absolute Gasteiger partial charge is 0.513 e. The second-order valence-corrected chi connectivity index (χ2v) is 36.3. The fourth-order valence-electron chi connectivity index (χ4n) is 15.6. The summed E-state index contributed by atoms with van der Waals surface area (Å²) in [5.41, 5.74) is 5.39. The molecular formula is C87H109N13O43S2. The van der Waals surface area contributed by atoms with Crippen molar-refractivity contribution in [3.05, 3.63) is 109 Å². The van der Waals surface area contributed by atoms with Crippen molar-refractivity contribution in [2.45, 2.75) is 213 Å². The molecular weight excluding hydrogens is 1980 g/mol. The Bertz CT molecular complexity index is 5900. The van der Waals surface area contributed by atoms with Crippen LogP contribution in [0.5, 0.6) is 5.75 Å². The zero-order valence-electron chi connectivity index (χ0n) is 76.7. The Morgan fingerprint density at radius 1 is 0.552 bits per heavy atom. The first kappa shape index (κ1) is 117. The van der Waals surface area contributed by atoms with Crippen molar-refractivity contribution in [3.8, 4) is 17.1 Å². The molecule has 2 aliphatic rings. The van der Waals surface area contributed by atoms with E-state index in [4.69, 9.17) is 24.9 Å². The van der Waals surface area contributed by atoms with Gasteiger partial charge in [-0.1, -0.05) is 35.4 Å². The number of nitrogens with zero attached hydrogens (tertiary/aromatic N) is 5. The number of esters is 1. The standard InChI is InChI=1S/C87H109N13O43S2/c1-3-38-39-16-37(10-12-47(39)92-64-44(38)26-100-53(64)20-46-45(81(100)133)31-142-84(138)87(46,140)4-2)143-86(139)141-13-14-144-145-32-52(83(136)137)97-79(131)43(69(122)73(126)60(112)30-104)19-56(108)51(23-63(117)118)96-78(130)42(68(121)72(125)59(111)29-103)18-55(107)50(22-62(115)116)95-77(129)41(67(120)71(124)58(110)28-102)17-54(106)49(21-61(113)114)94-76(128)40(66(119)70(123)57(109)27-101)15-36(105)9-11-48(82(134)135)93-75(127)33-5-7-34(8-6-33)89-24-35-25-90-74-65(91-35)80(132)99-85(88)98-74/h5-8,10,12,16,20,25,40-43,48-52,57-60,66-73,89,101-104,109-112,119-126,140H,3-4,9,11,13-15,17-19,21-24,26-32H2,1-2H3,(H,93,127)(H,94,128)(H,95,129)(H,96,130)(H,97,131)(H,113,114)(H,115,116)(H,117,118)(H,134,135)(H,136,137)(H3,88,90,98,99,132)/t40-,41-,42-,43-,48-,49-,50-,51-,52+,57+,58+,59+,60+,66+,67+,68+,69+,70+,71+,72+,73+,87-/m0/s1. The molecule has 0 aliphatic carbocycles. The molecule has 0 unspecified atom stereocenters. The summed E-state index contributed by atoms with van der Waals surface area (Å²) in [5, 5.41) is 245. The van der Waals surface area contributed by atoms with E-state index in [-0.39, 0.29) is 77.1 Å². The minimum absolute atomic E-state index is 0.0130. The van der Waals surface area contributed by atoms with Crippen LogP contribution in [-0.2, 0) is 108 Å². The van der Waals surface area contributed by atoms with Crippen molar-refractivity contribution in [3.63, 3.8) is 0 Å². The number of ether oxygens (including phenoxy) is 3. The summed E-state index contributed by atoms with van der Waals surface area (Å²) < 4.78 is 17.3. The average Bonchev–Trinajstić information content (AvgIpc) is 1.57. The Kier molecular flexibility index (Phi) is 42.8. The molecule has 56 nitrogen and oxygen atoms in total. The smallest absolute Gasteiger partial charge is 0.481 e. The number of fused-ring (bicyclic) bond motifs is 6. The summed E-state index contributed by atoms with van der Waals surface area (Å²) in [4.78, 5) is 262. The molecule has 0 spiro atoms. The SMILES string of the molecule is CCc1c2c(nc3ccc(OC(=O)OCCSSC[C@@H](NC(=O)[C@@H](CC(=O)[C@H](CC(=O)O)NC(=O)[C@@H](CC(=O)[C@H](CC(=O)O)NC(=O)[C@@H](CC(=O)[C@H](CC(=O)O)NC(=O)[C@@H](CC(=O)CC[C@H](NC(=O)c4ccc(NCc5cnc6nc(N)[nH]c(=O)c6n5)cc4)C(=O)O)[C@@H](O)[C@H](O)[C@H](O)CO)[C@@H](O)[C@H](O)[C@H](O)CO)[C@@H](O)[C@H](O)[C@H](O)CO)[C@@H](O)[C@H](O)[C@H](O)CO)C(=O)O)cc13)-c1cc3c(c(=O)n1C2)COC(=O)[C@]3(O)CC. The second kappa shape index (κ2) is 53.0. The van der Waals surface area contributed by atoms with E-state index in [0.29, 0.717) is 56.3 Å². The maximum atomic E-state index is 14.6. The van der Waals surface area contributed by atoms with Crippen LogP contribution < -0.4 is 53.5 Å². The Balaban J connectivity index is 0.938. The summed E-state index contributed by atoms with van der Waals surface area (Å²) in [6.45, 7) is -3.08. The molecule has 0 saturated heterocycles. The third-order valence-corrected chi connectivity index (χ3v) is 26.1. The van der Waals surface area contributed by atoms with E-state index in [1.807, 2.05) is 17.6 Å². The predicted octanol–water partition coefficient (Wildman–Crippen LogP) is -9.53. The van der Waals surface area contributed by atoms with E-state index in [1.165, 1.54) is 53.2 Å². The molecule has 792 valence electrons. The number of hydrogen-bond donors (Lipinski definition) is 30. The van der Waals surface area contributed by atoms with Crippen molar-refractivity contribution in [2.24, 2.45) is 23.7 Å². The molecule has 2 aromatic carbocycles.